The molecular formula is C22H19BrN2O5S. The van der Waals surface area contributed by atoms with E-state index < -0.39 is 17.8 Å². The van der Waals surface area contributed by atoms with Crippen molar-refractivity contribution in [3.8, 4) is 5.75 Å². The monoisotopic (exact) mass is 502 g/mol. The van der Waals surface area contributed by atoms with Crippen LogP contribution in [0, 0.1) is 0 Å². The first kappa shape index (κ1) is 22.6. The van der Waals surface area contributed by atoms with Crippen molar-refractivity contribution in [1.82, 2.24) is 5.32 Å². The molecule has 0 radical (unpaired) electrons. The first-order valence-electron chi connectivity index (χ1n) is 9.42. The highest BCUT2D eigenvalue weighted by molar-refractivity contribution is 9.10. The largest absolute Gasteiger partial charge is 0.490 e. The highest BCUT2D eigenvalue weighted by atomic mass is 79.9. The number of hydrogen-bond donors (Lipinski definition) is 2. The fourth-order valence-electron chi connectivity index (χ4n) is 2.84. The molecule has 0 aliphatic carbocycles. The lowest BCUT2D eigenvalue weighted by molar-refractivity contribution is -0.122. The molecule has 0 aromatic heterocycles. The number of carboxylic acid groups (broad SMARTS) is 1. The van der Waals surface area contributed by atoms with Crippen LogP contribution >= 0.6 is 28.1 Å². The maximum atomic E-state index is 13.1. The van der Waals surface area contributed by atoms with Crippen LogP contribution in [0.4, 0.5) is 5.69 Å². The summed E-state index contributed by atoms with van der Waals surface area (Å²) >= 11 is 8.61. The lowest BCUT2D eigenvalue weighted by Crippen LogP contribution is -2.54. The lowest BCUT2D eigenvalue weighted by Gasteiger charge is -2.29. The summed E-state index contributed by atoms with van der Waals surface area (Å²) in [5.74, 6) is -1.75. The second-order valence-corrected chi connectivity index (χ2v) is 8.08. The third-order valence-corrected chi connectivity index (χ3v) is 5.53. The van der Waals surface area contributed by atoms with Crippen LogP contribution in [0.2, 0.25) is 0 Å². The van der Waals surface area contributed by atoms with Gasteiger partial charge < -0.3 is 9.84 Å². The van der Waals surface area contributed by atoms with Crippen molar-refractivity contribution < 1.29 is 24.2 Å². The van der Waals surface area contributed by atoms with Gasteiger partial charge >= 0.3 is 5.97 Å². The van der Waals surface area contributed by atoms with E-state index in [0.29, 0.717) is 15.8 Å². The smallest absolute Gasteiger partial charge is 0.335 e. The summed E-state index contributed by atoms with van der Waals surface area (Å²) < 4.78 is 6.50. The van der Waals surface area contributed by atoms with Gasteiger partial charge in [-0.3, -0.25) is 19.8 Å². The van der Waals surface area contributed by atoms with Gasteiger partial charge in [0.25, 0.3) is 11.8 Å². The number of aromatic carboxylic acids is 1. The Morgan fingerprint density at radius 3 is 2.68 bits per heavy atom. The summed E-state index contributed by atoms with van der Waals surface area (Å²) in [6.45, 7) is 3.98. The second kappa shape index (κ2) is 9.40. The number of nitrogens with one attached hydrogen (secondary N) is 1. The van der Waals surface area contributed by atoms with Gasteiger partial charge in [0, 0.05) is 0 Å². The Hall–Kier alpha value is -3.04. The van der Waals surface area contributed by atoms with E-state index >= 15 is 0 Å². The fraction of sp³-hybridized carbons (Fsp3) is 0.182. The van der Waals surface area contributed by atoms with Crippen LogP contribution < -0.4 is 15.0 Å². The zero-order chi connectivity index (χ0) is 22.7. The molecule has 2 aromatic rings. The number of anilines is 1. The highest BCUT2D eigenvalue weighted by Gasteiger charge is 2.34. The van der Waals surface area contributed by atoms with Gasteiger partial charge in [0.05, 0.1) is 21.8 Å². The molecule has 1 heterocycles. The number of amides is 2. The average Bonchev–Trinajstić information content (AvgIpc) is 2.73. The molecule has 1 saturated heterocycles. The highest BCUT2D eigenvalue weighted by Crippen LogP contribution is 2.29. The normalized spacial score (nSPS) is 16.3. The molecule has 31 heavy (non-hydrogen) atoms. The number of benzene rings is 2. The van der Waals surface area contributed by atoms with E-state index in [0.717, 1.165) is 11.3 Å². The molecule has 1 fully saturated rings. The molecular weight excluding hydrogens is 484 g/mol. The van der Waals surface area contributed by atoms with Crippen molar-refractivity contribution in [1.29, 1.82) is 0 Å². The molecule has 7 nitrogen and oxygen atoms in total. The van der Waals surface area contributed by atoms with Crippen LogP contribution in [0.25, 0.3) is 6.08 Å². The number of carbonyl (C=O) groups excluding carboxylic acids is 2. The van der Waals surface area contributed by atoms with Crippen molar-refractivity contribution in [2.24, 2.45) is 0 Å². The van der Waals surface area contributed by atoms with Gasteiger partial charge in [-0.15, -0.1) is 0 Å². The molecule has 1 aliphatic rings. The summed E-state index contributed by atoms with van der Waals surface area (Å²) in [5, 5.41) is 11.6. The number of rotatable bonds is 6. The molecule has 3 rings (SSSR count). The molecule has 160 valence electrons. The van der Waals surface area contributed by atoms with Gasteiger partial charge in [0.15, 0.2) is 5.11 Å². The van der Waals surface area contributed by atoms with E-state index in [9.17, 15) is 19.5 Å². The topological polar surface area (TPSA) is 95.9 Å². The van der Waals surface area contributed by atoms with E-state index in [4.69, 9.17) is 17.0 Å². The summed E-state index contributed by atoms with van der Waals surface area (Å²) in [4.78, 5) is 37.9. The first-order chi connectivity index (χ1) is 14.7. The van der Waals surface area contributed by atoms with Gasteiger partial charge in [-0.25, -0.2) is 4.79 Å². The number of carboxylic acids is 1. The average molecular weight is 503 g/mol. The van der Waals surface area contributed by atoms with Crippen LogP contribution in [0.15, 0.2) is 52.5 Å². The van der Waals surface area contributed by atoms with E-state index in [1.807, 2.05) is 13.8 Å². The minimum atomic E-state index is -1.14. The Balaban J connectivity index is 1.95. The first-order valence-corrected chi connectivity index (χ1v) is 10.6. The lowest BCUT2D eigenvalue weighted by atomic mass is 10.1. The Morgan fingerprint density at radius 1 is 1.29 bits per heavy atom. The minimum Gasteiger partial charge on any atom is -0.490 e. The van der Waals surface area contributed by atoms with Gasteiger partial charge in [0.2, 0.25) is 0 Å². The Kier molecular flexibility index (Phi) is 6.87. The predicted molar refractivity (Wildman–Crippen MR) is 124 cm³/mol. The zero-order valence-corrected chi connectivity index (χ0v) is 19.1. The summed E-state index contributed by atoms with van der Waals surface area (Å²) in [6.07, 6.45) is 2.35. The second-order valence-electron chi connectivity index (χ2n) is 6.84. The molecule has 2 N–H and O–H groups in total. The Morgan fingerprint density at radius 2 is 2.03 bits per heavy atom. The predicted octanol–water partition coefficient (Wildman–Crippen LogP) is 4.16. The standard InChI is InChI=1S/C22H19BrN2O5S/c1-3-12(2)30-18-8-7-13(10-17(18)23)9-16-19(26)24-22(31)25(20(16)27)15-6-4-5-14(11-15)21(28)29/h4-12H,3H2,1-2H3,(H,28,29)(H,24,26,31). The Labute approximate surface area is 192 Å². The summed E-state index contributed by atoms with van der Waals surface area (Å²) in [6, 6.07) is 11.0. The quantitative estimate of drug-likeness (QED) is 0.349. The van der Waals surface area contributed by atoms with Crippen molar-refractivity contribution in [2.75, 3.05) is 4.90 Å². The molecule has 1 aliphatic heterocycles. The number of thiocarbonyl (C=S) groups is 1. The van der Waals surface area contributed by atoms with Crippen LogP contribution in [0.3, 0.4) is 0 Å². The Bertz CT molecular complexity index is 1110. The minimum absolute atomic E-state index is 0.00337. The number of nitrogens with zero attached hydrogens (tertiary/aromatic N) is 1. The molecule has 1 atom stereocenters. The molecule has 1 unspecified atom stereocenters. The van der Waals surface area contributed by atoms with E-state index in [1.54, 1.807) is 24.3 Å². The van der Waals surface area contributed by atoms with E-state index in [1.165, 1.54) is 24.3 Å². The number of hydrogen-bond acceptors (Lipinski definition) is 5. The maximum Gasteiger partial charge on any atom is 0.335 e. The third-order valence-electron chi connectivity index (χ3n) is 4.62. The molecule has 0 bridgehead atoms. The van der Waals surface area contributed by atoms with E-state index in [2.05, 4.69) is 21.2 Å². The number of carbonyl (C=O) groups is 3. The summed E-state index contributed by atoms with van der Waals surface area (Å²) in [5.41, 5.74) is 0.724. The molecule has 2 amide bonds. The zero-order valence-electron chi connectivity index (χ0n) is 16.7. The molecule has 9 heteroatoms. The van der Waals surface area contributed by atoms with Gasteiger partial charge in [-0.1, -0.05) is 19.1 Å². The van der Waals surface area contributed by atoms with E-state index in [-0.39, 0.29) is 28.0 Å². The maximum absolute atomic E-state index is 13.1. The van der Waals surface area contributed by atoms with Crippen LogP contribution in [-0.4, -0.2) is 34.1 Å². The number of halogens is 1. The van der Waals surface area contributed by atoms with Crippen molar-refractivity contribution in [3.63, 3.8) is 0 Å². The molecule has 2 aromatic carbocycles. The van der Waals surface area contributed by atoms with Crippen molar-refractivity contribution >= 4 is 62.8 Å². The van der Waals surface area contributed by atoms with Gasteiger partial charge in [0.1, 0.15) is 11.3 Å². The SMILES string of the molecule is CCC(C)Oc1ccc(C=C2C(=O)NC(=S)N(c3cccc(C(=O)O)c3)C2=O)cc1Br. The van der Waals surface area contributed by atoms with Crippen molar-refractivity contribution in [2.45, 2.75) is 26.4 Å². The van der Waals surface area contributed by atoms with Gasteiger partial charge in [-0.05, 0) is 83.5 Å². The van der Waals surface area contributed by atoms with Gasteiger partial charge in [-0.2, -0.15) is 0 Å². The number of ether oxygens (including phenoxy) is 1. The molecule has 0 spiro atoms. The molecule has 0 saturated carbocycles. The van der Waals surface area contributed by atoms with Crippen LogP contribution in [0.5, 0.6) is 5.75 Å². The third kappa shape index (κ3) is 5.00. The van der Waals surface area contributed by atoms with Crippen LogP contribution in [-0.2, 0) is 9.59 Å². The van der Waals surface area contributed by atoms with Crippen molar-refractivity contribution in [3.05, 3.63) is 63.6 Å². The summed E-state index contributed by atoms with van der Waals surface area (Å²) in [7, 11) is 0. The fourth-order valence-corrected chi connectivity index (χ4v) is 3.61. The van der Waals surface area contributed by atoms with Crippen LogP contribution in [0.1, 0.15) is 36.2 Å².